The molecule has 1 aromatic carbocycles. The van der Waals surface area contributed by atoms with E-state index in [0.717, 1.165) is 10.9 Å². The van der Waals surface area contributed by atoms with Crippen molar-refractivity contribution in [2.45, 2.75) is 84.3 Å². The summed E-state index contributed by atoms with van der Waals surface area (Å²) in [5, 5.41) is 3.72. The van der Waals surface area contributed by atoms with Crippen LogP contribution < -0.4 is 5.32 Å². The Kier molecular flexibility index (Phi) is 7.31. The Morgan fingerprint density at radius 3 is 2.55 bits per heavy atom. The summed E-state index contributed by atoms with van der Waals surface area (Å²) in [6, 6.07) is 6.91. The standard InChI is InChI=1S/C28H38N4O6/c1-17(30(7)26(36)38-27(2,3)4)23(33)29-19-13-15-37-21-16-28(5,6)22(32(21)24(19)34)25(35)31-14-12-18-10-8-9-11-20(18)31/h8-12,14,17,19,21-22H,13,15-16H2,1-7H3,(H,29,33)/t17-,19?,21-,22+/m0/s1. The summed E-state index contributed by atoms with van der Waals surface area (Å²) in [6.45, 7) is 11.0. The number of para-hydroxylation sites is 1. The summed E-state index contributed by atoms with van der Waals surface area (Å²) in [4.78, 5) is 56.1. The highest BCUT2D eigenvalue weighted by Crippen LogP contribution is 2.43. The number of fused-ring (bicyclic) bond motifs is 2. The second-order valence-electron chi connectivity index (χ2n) is 11.9. The molecule has 4 rings (SSSR count). The van der Waals surface area contributed by atoms with Crippen molar-refractivity contribution in [3.63, 3.8) is 0 Å². The third-order valence-electron chi connectivity index (χ3n) is 7.33. The second kappa shape index (κ2) is 10.1. The molecule has 4 atom stereocenters. The van der Waals surface area contributed by atoms with Crippen molar-refractivity contribution in [3.05, 3.63) is 36.5 Å². The zero-order valence-corrected chi connectivity index (χ0v) is 23.2. The fraction of sp³-hybridized carbons (Fsp3) is 0.571. The molecule has 206 valence electrons. The van der Waals surface area contributed by atoms with E-state index in [4.69, 9.17) is 9.47 Å². The topological polar surface area (TPSA) is 110 Å². The summed E-state index contributed by atoms with van der Waals surface area (Å²) in [7, 11) is 1.48. The summed E-state index contributed by atoms with van der Waals surface area (Å²) < 4.78 is 13.0. The van der Waals surface area contributed by atoms with Gasteiger partial charge in [-0.15, -0.1) is 0 Å². The van der Waals surface area contributed by atoms with Gasteiger partial charge in [0.2, 0.25) is 11.8 Å². The number of benzene rings is 1. The van der Waals surface area contributed by atoms with E-state index >= 15 is 0 Å². The Morgan fingerprint density at radius 1 is 1.18 bits per heavy atom. The quantitative estimate of drug-likeness (QED) is 0.654. The van der Waals surface area contributed by atoms with Gasteiger partial charge in [-0.3, -0.25) is 23.9 Å². The number of nitrogens with zero attached hydrogens (tertiary/aromatic N) is 3. The van der Waals surface area contributed by atoms with Crippen molar-refractivity contribution in [2.24, 2.45) is 5.41 Å². The molecule has 2 aliphatic heterocycles. The molecule has 0 radical (unpaired) electrons. The van der Waals surface area contributed by atoms with E-state index < -0.39 is 47.4 Å². The fourth-order valence-electron chi connectivity index (χ4n) is 5.19. The second-order valence-corrected chi connectivity index (χ2v) is 11.9. The van der Waals surface area contributed by atoms with E-state index in [9.17, 15) is 19.2 Å². The molecule has 10 nitrogen and oxygen atoms in total. The van der Waals surface area contributed by atoms with Crippen LogP contribution in [0.5, 0.6) is 0 Å². The summed E-state index contributed by atoms with van der Waals surface area (Å²) in [6.07, 6.45) is 1.27. The van der Waals surface area contributed by atoms with Crippen LogP contribution in [-0.2, 0) is 19.1 Å². The van der Waals surface area contributed by atoms with Gasteiger partial charge in [0.15, 0.2) is 0 Å². The molecular formula is C28H38N4O6. The van der Waals surface area contributed by atoms with Gasteiger partial charge in [0.25, 0.3) is 5.91 Å². The Morgan fingerprint density at radius 2 is 1.87 bits per heavy atom. The Labute approximate surface area is 223 Å². The SMILES string of the molecule is C[C@@H](C(=O)NC1CCO[C@H]2CC(C)(C)[C@@H](C(=O)n3ccc4ccccc43)N2C1=O)N(C)C(=O)OC(C)(C)C. The average Bonchev–Trinajstić information content (AvgIpc) is 3.34. The molecule has 3 amide bonds. The fourth-order valence-corrected chi connectivity index (χ4v) is 5.19. The van der Waals surface area contributed by atoms with E-state index in [1.807, 2.05) is 44.2 Å². The molecular weight excluding hydrogens is 488 g/mol. The van der Waals surface area contributed by atoms with Gasteiger partial charge in [-0.25, -0.2) is 4.79 Å². The maximum atomic E-state index is 13.9. The largest absolute Gasteiger partial charge is 0.444 e. The molecule has 0 spiro atoms. The molecule has 1 N–H and O–H groups in total. The van der Waals surface area contributed by atoms with Crippen LogP contribution in [-0.4, -0.2) is 81.8 Å². The Hall–Kier alpha value is -3.40. The van der Waals surface area contributed by atoms with Crippen molar-refractivity contribution in [3.8, 4) is 0 Å². The lowest BCUT2D eigenvalue weighted by molar-refractivity contribution is -0.143. The van der Waals surface area contributed by atoms with Gasteiger partial charge in [0.1, 0.15) is 30.0 Å². The number of hydrogen-bond donors (Lipinski definition) is 1. The van der Waals surface area contributed by atoms with Crippen molar-refractivity contribution in [1.29, 1.82) is 0 Å². The molecule has 10 heteroatoms. The highest BCUT2D eigenvalue weighted by Gasteiger charge is 2.55. The number of aromatic nitrogens is 1. The van der Waals surface area contributed by atoms with Crippen LogP contribution in [0.15, 0.2) is 36.5 Å². The van der Waals surface area contributed by atoms with Crippen LogP contribution in [0.4, 0.5) is 4.79 Å². The van der Waals surface area contributed by atoms with Crippen LogP contribution in [0.3, 0.4) is 0 Å². The predicted octanol–water partition coefficient (Wildman–Crippen LogP) is 3.40. The minimum Gasteiger partial charge on any atom is -0.444 e. The van der Waals surface area contributed by atoms with Crippen molar-refractivity contribution in [1.82, 2.24) is 19.7 Å². The van der Waals surface area contributed by atoms with Gasteiger partial charge in [-0.2, -0.15) is 0 Å². The number of likely N-dealkylation sites (N-methyl/N-ethyl adjacent to an activating group) is 1. The molecule has 1 aromatic heterocycles. The van der Waals surface area contributed by atoms with Gasteiger partial charge < -0.3 is 19.7 Å². The summed E-state index contributed by atoms with van der Waals surface area (Å²) in [5.74, 6) is -1.08. The number of nitrogens with one attached hydrogen (secondary N) is 1. The first-order valence-corrected chi connectivity index (χ1v) is 13.0. The number of hydrogen-bond acceptors (Lipinski definition) is 6. The number of ether oxygens (including phenoxy) is 2. The molecule has 2 aliphatic rings. The third-order valence-corrected chi connectivity index (χ3v) is 7.33. The molecule has 38 heavy (non-hydrogen) atoms. The highest BCUT2D eigenvalue weighted by molar-refractivity contribution is 5.99. The predicted molar refractivity (Wildman–Crippen MR) is 141 cm³/mol. The number of rotatable bonds is 4. The van der Waals surface area contributed by atoms with Crippen LogP contribution >= 0.6 is 0 Å². The van der Waals surface area contributed by atoms with Gasteiger partial charge >= 0.3 is 6.09 Å². The van der Waals surface area contributed by atoms with Gasteiger partial charge in [0.05, 0.1) is 12.1 Å². The normalized spacial score (nSPS) is 23.9. The molecule has 0 bridgehead atoms. The van der Waals surface area contributed by atoms with E-state index in [2.05, 4.69) is 5.32 Å². The first-order valence-electron chi connectivity index (χ1n) is 13.0. The lowest BCUT2D eigenvalue weighted by Gasteiger charge is -2.34. The first-order chi connectivity index (χ1) is 17.7. The average molecular weight is 527 g/mol. The molecule has 2 fully saturated rings. The van der Waals surface area contributed by atoms with E-state index in [1.165, 1.54) is 16.8 Å². The minimum atomic E-state index is -0.896. The lowest BCUT2D eigenvalue weighted by atomic mass is 9.83. The zero-order chi connectivity index (χ0) is 28.0. The maximum Gasteiger partial charge on any atom is 0.410 e. The van der Waals surface area contributed by atoms with Crippen molar-refractivity contribution < 1.29 is 28.7 Å². The van der Waals surface area contributed by atoms with Gasteiger partial charge in [-0.05, 0) is 51.7 Å². The van der Waals surface area contributed by atoms with E-state index in [-0.39, 0.29) is 24.8 Å². The van der Waals surface area contributed by atoms with Gasteiger partial charge in [0, 0.05) is 25.1 Å². The van der Waals surface area contributed by atoms with E-state index in [1.54, 1.807) is 38.5 Å². The van der Waals surface area contributed by atoms with Crippen molar-refractivity contribution in [2.75, 3.05) is 13.7 Å². The molecule has 2 saturated heterocycles. The monoisotopic (exact) mass is 526 g/mol. The van der Waals surface area contributed by atoms with Crippen molar-refractivity contribution >= 4 is 34.7 Å². The molecule has 2 aromatic rings. The van der Waals surface area contributed by atoms with Crippen LogP contribution in [0.1, 0.15) is 59.2 Å². The Balaban J connectivity index is 1.55. The smallest absolute Gasteiger partial charge is 0.410 e. The van der Waals surface area contributed by atoms with Gasteiger partial charge in [-0.1, -0.05) is 32.0 Å². The highest BCUT2D eigenvalue weighted by atomic mass is 16.6. The molecule has 0 aliphatic carbocycles. The zero-order valence-electron chi connectivity index (χ0n) is 23.2. The van der Waals surface area contributed by atoms with E-state index in [0.29, 0.717) is 6.42 Å². The summed E-state index contributed by atoms with van der Waals surface area (Å²) >= 11 is 0. The number of carbonyl (C=O) groups excluding carboxylic acids is 4. The molecule has 1 unspecified atom stereocenters. The number of amides is 3. The number of carbonyl (C=O) groups is 4. The first kappa shape index (κ1) is 27.6. The minimum absolute atomic E-state index is 0.222. The summed E-state index contributed by atoms with van der Waals surface area (Å²) in [5.41, 5.74) is -0.497. The van der Waals surface area contributed by atoms with Crippen LogP contribution in [0.2, 0.25) is 0 Å². The lowest BCUT2D eigenvalue weighted by Crippen LogP contribution is -2.57. The molecule has 3 heterocycles. The Bertz CT molecular complexity index is 1250. The van der Waals surface area contributed by atoms with Crippen LogP contribution in [0.25, 0.3) is 10.9 Å². The van der Waals surface area contributed by atoms with Crippen LogP contribution in [0, 0.1) is 5.41 Å². The maximum absolute atomic E-state index is 13.9. The third kappa shape index (κ3) is 5.27. The molecule has 0 saturated carbocycles.